The molecule has 19 heavy (non-hydrogen) atoms. The van der Waals surface area contributed by atoms with E-state index >= 15 is 0 Å². The summed E-state index contributed by atoms with van der Waals surface area (Å²) in [4.78, 5) is 14.3. The molecule has 2 rings (SSSR count). The number of amides is 1. The van der Waals surface area contributed by atoms with Gasteiger partial charge in [-0.3, -0.25) is 4.79 Å². The van der Waals surface area contributed by atoms with Gasteiger partial charge in [0.2, 0.25) is 0 Å². The van der Waals surface area contributed by atoms with E-state index in [0.29, 0.717) is 5.92 Å². The van der Waals surface area contributed by atoms with Crippen molar-refractivity contribution in [1.29, 1.82) is 0 Å². The van der Waals surface area contributed by atoms with E-state index in [9.17, 15) is 4.79 Å². The average molecular weight is 326 g/mol. The van der Waals surface area contributed by atoms with Crippen molar-refractivity contribution in [2.24, 2.45) is 5.92 Å². The Labute approximate surface area is 123 Å². The van der Waals surface area contributed by atoms with Crippen molar-refractivity contribution in [2.75, 3.05) is 26.8 Å². The summed E-state index contributed by atoms with van der Waals surface area (Å²) >= 11 is 3.51. The van der Waals surface area contributed by atoms with Gasteiger partial charge in [0.25, 0.3) is 5.91 Å². The molecule has 1 fully saturated rings. The van der Waals surface area contributed by atoms with Crippen LogP contribution in [0.3, 0.4) is 0 Å². The molecule has 0 spiro atoms. The molecule has 0 saturated carbocycles. The van der Waals surface area contributed by atoms with Gasteiger partial charge in [0.15, 0.2) is 0 Å². The Morgan fingerprint density at radius 1 is 1.42 bits per heavy atom. The van der Waals surface area contributed by atoms with Gasteiger partial charge in [-0.15, -0.1) is 0 Å². The molecule has 1 aromatic rings. The van der Waals surface area contributed by atoms with Gasteiger partial charge in [-0.05, 0) is 53.2 Å². The van der Waals surface area contributed by atoms with E-state index in [4.69, 9.17) is 4.74 Å². The molecule has 1 aliphatic rings. The molecule has 0 aromatic heterocycles. The van der Waals surface area contributed by atoms with Gasteiger partial charge >= 0.3 is 0 Å². The van der Waals surface area contributed by atoms with E-state index in [1.54, 1.807) is 0 Å². The zero-order valence-corrected chi connectivity index (χ0v) is 13.1. The number of aryl methyl sites for hydroxylation is 1. The standard InChI is InChI=1S/C15H20BrNO2/c1-11-4-3-5-13(14(11)16)15(18)17(2)10-12-6-8-19-9-7-12/h3-5,12H,6-10H2,1-2H3. The Kier molecular flexibility index (Phi) is 4.99. The monoisotopic (exact) mass is 325 g/mol. The fourth-order valence-electron chi connectivity index (χ4n) is 2.42. The molecule has 1 heterocycles. The highest BCUT2D eigenvalue weighted by molar-refractivity contribution is 9.10. The molecule has 3 nitrogen and oxygen atoms in total. The first-order chi connectivity index (χ1) is 9.09. The fourth-order valence-corrected chi connectivity index (χ4v) is 2.85. The van der Waals surface area contributed by atoms with E-state index < -0.39 is 0 Å². The molecule has 0 bridgehead atoms. The second-order valence-electron chi connectivity index (χ2n) is 5.18. The zero-order valence-electron chi connectivity index (χ0n) is 11.5. The van der Waals surface area contributed by atoms with Crippen molar-refractivity contribution < 1.29 is 9.53 Å². The van der Waals surface area contributed by atoms with Crippen LogP contribution < -0.4 is 0 Å². The third-order valence-electron chi connectivity index (χ3n) is 3.64. The quantitative estimate of drug-likeness (QED) is 0.853. The third-order valence-corrected chi connectivity index (χ3v) is 4.69. The maximum Gasteiger partial charge on any atom is 0.254 e. The Bertz CT molecular complexity index is 455. The maximum absolute atomic E-state index is 12.5. The number of carbonyl (C=O) groups is 1. The number of nitrogens with zero attached hydrogens (tertiary/aromatic N) is 1. The van der Waals surface area contributed by atoms with E-state index in [2.05, 4.69) is 15.9 Å². The van der Waals surface area contributed by atoms with Crippen LogP contribution >= 0.6 is 15.9 Å². The van der Waals surface area contributed by atoms with Gasteiger partial charge in [-0.2, -0.15) is 0 Å². The number of benzene rings is 1. The van der Waals surface area contributed by atoms with Crippen LogP contribution in [0, 0.1) is 12.8 Å². The summed E-state index contributed by atoms with van der Waals surface area (Å²) in [5, 5.41) is 0. The van der Waals surface area contributed by atoms with Gasteiger partial charge in [-0.25, -0.2) is 0 Å². The lowest BCUT2D eigenvalue weighted by molar-refractivity contribution is 0.0497. The molecule has 1 saturated heterocycles. The van der Waals surface area contributed by atoms with Gasteiger partial charge in [0, 0.05) is 31.3 Å². The average Bonchev–Trinajstić information content (AvgIpc) is 2.42. The summed E-state index contributed by atoms with van der Waals surface area (Å²) in [6.45, 7) is 4.45. The predicted octanol–water partition coefficient (Wildman–Crippen LogP) is 3.26. The minimum atomic E-state index is 0.0852. The minimum absolute atomic E-state index is 0.0852. The number of carbonyl (C=O) groups excluding carboxylic acids is 1. The lowest BCUT2D eigenvalue weighted by Gasteiger charge is -2.27. The van der Waals surface area contributed by atoms with Crippen molar-refractivity contribution in [1.82, 2.24) is 4.90 Å². The molecule has 1 aliphatic heterocycles. The lowest BCUT2D eigenvalue weighted by atomic mass is 9.99. The Balaban J connectivity index is 2.03. The molecular formula is C15H20BrNO2. The summed E-state index contributed by atoms with van der Waals surface area (Å²) in [6, 6.07) is 5.80. The lowest BCUT2D eigenvalue weighted by Crippen LogP contribution is -2.34. The van der Waals surface area contributed by atoms with Crippen molar-refractivity contribution in [3.05, 3.63) is 33.8 Å². The van der Waals surface area contributed by atoms with Crippen LogP contribution in [0.4, 0.5) is 0 Å². The number of ether oxygens (including phenoxy) is 1. The summed E-state index contributed by atoms with van der Waals surface area (Å²) in [7, 11) is 1.88. The first-order valence-corrected chi connectivity index (χ1v) is 7.47. The molecule has 0 radical (unpaired) electrons. The maximum atomic E-state index is 12.5. The van der Waals surface area contributed by atoms with Crippen molar-refractivity contribution >= 4 is 21.8 Å². The van der Waals surface area contributed by atoms with Crippen LogP contribution in [-0.4, -0.2) is 37.6 Å². The number of hydrogen-bond acceptors (Lipinski definition) is 2. The van der Waals surface area contributed by atoms with E-state index in [-0.39, 0.29) is 5.91 Å². The first kappa shape index (κ1) is 14.5. The Morgan fingerprint density at radius 3 is 2.79 bits per heavy atom. The summed E-state index contributed by atoms with van der Waals surface area (Å²) < 4.78 is 6.25. The second-order valence-corrected chi connectivity index (χ2v) is 5.97. The predicted molar refractivity (Wildman–Crippen MR) is 79.4 cm³/mol. The largest absolute Gasteiger partial charge is 0.381 e. The molecule has 4 heteroatoms. The highest BCUT2D eigenvalue weighted by Gasteiger charge is 2.21. The Morgan fingerprint density at radius 2 is 2.11 bits per heavy atom. The molecular weight excluding hydrogens is 306 g/mol. The van der Waals surface area contributed by atoms with E-state index in [1.165, 1.54) is 0 Å². The molecule has 104 valence electrons. The topological polar surface area (TPSA) is 29.5 Å². The zero-order chi connectivity index (χ0) is 13.8. The van der Waals surface area contributed by atoms with Crippen molar-refractivity contribution in [3.8, 4) is 0 Å². The normalized spacial score (nSPS) is 16.4. The molecule has 0 unspecified atom stereocenters. The van der Waals surface area contributed by atoms with Gasteiger partial charge < -0.3 is 9.64 Å². The van der Waals surface area contributed by atoms with Crippen LogP contribution in [0.5, 0.6) is 0 Å². The SMILES string of the molecule is Cc1cccc(C(=O)N(C)CC2CCOCC2)c1Br. The van der Waals surface area contributed by atoms with E-state index in [0.717, 1.165) is 48.2 Å². The highest BCUT2D eigenvalue weighted by atomic mass is 79.9. The molecule has 1 aromatic carbocycles. The fraction of sp³-hybridized carbons (Fsp3) is 0.533. The van der Waals surface area contributed by atoms with Crippen LogP contribution in [0.2, 0.25) is 0 Å². The summed E-state index contributed by atoms with van der Waals surface area (Å²) in [5.74, 6) is 0.647. The smallest absolute Gasteiger partial charge is 0.254 e. The number of rotatable bonds is 3. The van der Waals surface area contributed by atoms with Gasteiger partial charge in [-0.1, -0.05) is 12.1 Å². The highest BCUT2D eigenvalue weighted by Crippen LogP contribution is 2.23. The van der Waals surface area contributed by atoms with Crippen molar-refractivity contribution in [3.63, 3.8) is 0 Å². The molecule has 0 atom stereocenters. The summed E-state index contributed by atoms with van der Waals surface area (Å²) in [5.41, 5.74) is 1.83. The molecule has 0 N–H and O–H groups in total. The third kappa shape index (κ3) is 3.57. The number of halogens is 1. The van der Waals surface area contributed by atoms with Crippen LogP contribution in [0.25, 0.3) is 0 Å². The van der Waals surface area contributed by atoms with E-state index in [1.807, 2.05) is 37.1 Å². The van der Waals surface area contributed by atoms with Crippen molar-refractivity contribution in [2.45, 2.75) is 19.8 Å². The number of hydrogen-bond donors (Lipinski definition) is 0. The van der Waals surface area contributed by atoms with Crippen LogP contribution in [-0.2, 0) is 4.74 Å². The second kappa shape index (κ2) is 6.53. The van der Waals surface area contributed by atoms with Gasteiger partial charge in [0.05, 0.1) is 5.56 Å². The summed E-state index contributed by atoms with van der Waals surface area (Å²) in [6.07, 6.45) is 2.10. The molecule has 0 aliphatic carbocycles. The minimum Gasteiger partial charge on any atom is -0.381 e. The Hall–Kier alpha value is -0.870. The first-order valence-electron chi connectivity index (χ1n) is 6.68. The van der Waals surface area contributed by atoms with Crippen LogP contribution in [0.15, 0.2) is 22.7 Å². The van der Waals surface area contributed by atoms with Crippen LogP contribution in [0.1, 0.15) is 28.8 Å². The molecule has 1 amide bonds. The van der Waals surface area contributed by atoms with Gasteiger partial charge in [0.1, 0.15) is 0 Å².